The first kappa shape index (κ1) is 9.89. The van der Waals surface area contributed by atoms with E-state index in [1.54, 1.807) is 10.9 Å². The zero-order valence-electron chi connectivity index (χ0n) is 7.24. The number of halogens is 2. The lowest BCUT2D eigenvalue weighted by atomic mass is 10.5. The van der Waals surface area contributed by atoms with Crippen LogP contribution in [-0.4, -0.2) is 20.0 Å². The maximum absolute atomic E-state index is 5.86. The van der Waals surface area contributed by atoms with Gasteiger partial charge in [0.25, 0.3) is 0 Å². The molecule has 4 nitrogen and oxygen atoms in total. The van der Waals surface area contributed by atoms with Gasteiger partial charge in [0.15, 0.2) is 0 Å². The third-order valence-electron chi connectivity index (χ3n) is 1.77. The molecule has 14 heavy (non-hydrogen) atoms. The van der Waals surface area contributed by atoms with E-state index in [2.05, 4.69) is 15.3 Å². The predicted molar refractivity (Wildman–Crippen MR) is 56.0 cm³/mol. The van der Waals surface area contributed by atoms with Crippen LogP contribution in [0.3, 0.4) is 0 Å². The van der Waals surface area contributed by atoms with E-state index in [1.165, 1.54) is 11.3 Å². The molecule has 2 aromatic rings. The smallest absolute Gasteiger partial charge is 0.207 e. The predicted octanol–water partition coefficient (Wildman–Crippen LogP) is 2.40. The fourth-order valence-electron chi connectivity index (χ4n) is 1.01. The number of hydrogen-bond donors (Lipinski definition) is 0. The third kappa shape index (κ3) is 1.89. The van der Waals surface area contributed by atoms with Crippen LogP contribution in [-0.2, 0) is 6.54 Å². The number of hydrogen-bond acceptors (Lipinski definition) is 4. The summed E-state index contributed by atoms with van der Waals surface area (Å²) in [5, 5.41) is 13.2. The lowest BCUT2D eigenvalue weighted by Gasteiger charge is -1.99. The molecule has 2 rings (SSSR count). The maximum Gasteiger partial charge on any atom is 0.207 e. The van der Waals surface area contributed by atoms with Crippen LogP contribution in [0.25, 0.3) is 0 Å². The summed E-state index contributed by atoms with van der Waals surface area (Å²) in [5.41, 5.74) is 0.915. The van der Waals surface area contributed by atoms with Crippen molar-refractivity contribution >= 4 is 34.5 Å². The summed E-state index contributed by atoms with van der Waals surface area (Å²) in [7, 11) is 0. The summed E-state index contributed by atoms with van der Waals surface area (Å²) < 4.78 is 2.20. The zero-order valence-corrected chi connectivity index (χ0v) is 9.57. The Morgan fingerprint density at radius 3 is 2.71 bits per heavy atom. The van der Waals surface area contributed by atoms with Crippen molar-refractivity contribution in [3.63, 3.8) is 0 Å². The average molecular weight is 249 g/mol. The molecule has 0 amide bonds. The highest BCUT2D eigenvalue weighted by atomic mass is 35.5. The third-order valence-corrected chi connectivity index (χ3v) is 3.15. The van der Waals surface area contributed by atoms with Crippen LogP contribution in [0, 0.1) is 6.92 Å². The van der Waals surface area contributed by atoms with E-state index in [4.69, 9.17) is 23.2 Å². The van der Waals surface area contributed by atoms with Gasteiger partial charge in [-0.25, -0.2) is 0 Å². The van der Waals surface area contributed by atoms with Crippen molar-refractivity contribution < 1.29 is 0 Å². The summed E-state index contributed by atoms with van der Waals surface area (Å²) in [6.07, 6.45) is 1.61. The maximum atomic E-state index is 5.86. The Balaban J connectivity index is 2.22. The van der Waals surface area contributed by atoms with Crippen LogP contribution in [0.4, 0.5) is 0 Å². The SMILES string of the molecule is Cc1c(Cl)cnn1Cc1nnc(Cl)s1. The van der Waals surface area contributed by atoms with E-state index in [0.717, 1.165) is 10.7 Å². The molecule has 0 saturated carbocycles. The Bertz CT molecular complexity index is 450. The molecule has 74 valence electrons. The lowest BCUT2D eigenvalue weighted by Crippen LogP contribution is -2.03. The fourth-order valence-corrected chi connectivity index (χ4v) is 2.00. The molecule has 0 aromatic carbocycles. The minimum Gasteiger partial charge on any atom is -0.261 e. The molecule has 0 atom stereocenters. The van der Waals surface area contributed by atoms with Gasteiger partial charge in [-0.3, -0.25) is 4.68 Å². The van der Waals surface area contributed by atoms with Gasteiger partial charge in [0, 0.05) is 0 Å². The Morgan fingerprint density at radius 1 is 1.43 bits per heavy atom. The number of aromatic nitrogens is 4. The Hall–Kier alpha value is -0.650. The van der Waals surface area contributed by atoms with Crippen molar-refractivity contribution in [3.05, 3.63) is 26.4 Å². The summed E-state index contributed by atoms with van der Waals surface area (Å²) in [4.78, 5) is 0. The lowest BCUT2D eigenvalue weighted by molar-refractivity contribution is 0.657. The van der Waals surface area contributed by atoms with Gasteiger partial charge in [0.05, 0.1) is 23.5 Å². The Morgan fingerprint density at radius 2 is 2.21 bits per heavy atom. The molecule has 0 spiro atoms. The molecule has 0 fully saturated rings. The first-order chi connectivity index (χ1) is 6.66. The van der Waals surface area contributed by atoms with E-state index in [9.17, 15) is 0 Å². The molecule has 0 aliphatic rings. The molecule has 0 N–H and O–H groups in total. The molecule has 0 unspecified atom stereocenters. The molecule has 7 heteroatoms. The normalized spacial score (nSPS) is 10.8. The Labute approximate surface area is 94.5 Å². The van der Waals surface area contributed by atoms with Crippen LogP contribution in [0.5, 0.6) is 0 Å². The van der Waals surface area contributed by atoms with Gasteiger partial charge >= 0.3 is 0 Å². The van der Waals surface area contributed by atoms with Gasteiger partial charge < -0.3 is 0 Å². The molecule has 0 radical (unpaired) electrons. The van der Waals surface area contributed by atoms with Crippen molar-refractivity contribution in [1.29, 1.82) is 0 Å². The van der Waals surface area contributed by atoms with Crippen molar-refractivity contribution in [3.8, 4) is 0 Å². The summed E-state index contributed by atoms with van der Waals surface area (Å²) >= 11 is 12.9. The van der Waals surface area contributed by atoms with Crippen LogP contribution < -0.4 is 0 Å². The molecule has 0 bridgehead atoms. The van der Waals surface area contributed by atoms with E-state index in [-0.39, 0.29) is 0 Å². The molecule has 0 aliphatic heterocycles. The second-order valence-corrected chi connectivity index (χ2v) is 4.74. The molecule has 2 heterocycles. The first-order valence-corrected chi connectivity index (χ1v) is 5.40. The van der Waals surface area contributed by atoms with Crippen molar-refractivity contribution in [2.45, 2.75) is 13.5 Å². The topological polar surface area (TPSA) is 43.6 Å². The standard InChI is InChI=1S/C7H6Cl2N4S/c1-4-5(8)2-10-13(4)3-6-11-12-7(9)14-6/h2H,3H2,1H3. The van der Waals surface area contributed by atoms with Crippen LogP contribution in [0.1, 0.15) is 10.7 Å². The van der Waals surface area contributed by atoms with Gasteiger partial charge in [-0.1, -0.05) is 22.9 Å². The monoisotopic (exact) mass is 248 g/mol. The van der Waals surface area contributed by atoms with Crippen molar-refractivity contribution in [2.75, 3.05) is 0 Å². The van der Waals surface area contributed by atoms with Crippen LogP contribution in [0.2, 0.25) is 9.49 Å². The highest BCUT2D eigenvalue weighted by molar-refractivity contribution is 7.15. The minimum atomic E-state index is 0.441. The van der Waals surface area contributed by atoms with E-state index in [1.807, 2.05) is 6.92 Å². The fraction of sp³-hybridized carbons (Fsp3) is 0.286. The first-order valence-electron chi connectivity index (χ1n) is 3.82. The molecule has 0 saturated heterocycles. The van der Waals surface area contributed by atoms with E-state index in [0.29, 0.717) is 16.0 Å². The summed E-state index contributed by atoms with van der Waals surface area (Å²) in [6.45, 7) is 2.46. The van der Waals surface area contributed by atoms with Gasteiger partial charge in [-0.2, -0.15) is 5.10 Å². The van der Waals surface area contributed by atoms with E-state index >= 15 is 0 Å². The summed E-state index contributed by atoms with van der Waals surface area (Å²) in [5.74, 6) is 0. The van der Waals surface area contributed by atoms with Crippen molar-refractivity contribution in [1.82, 2.24) is 20.0 Å². The van der Waals surface area contributed by atoms with Crippen molar-refractivity contribution in [2.24, 2.45) is 0 Å². The summed E-state index contributed by atoms with van der Waals surface area (Å²) in [6, 6.07) is 0. The van der Waals surface area contributed by atoms with Gasteiger partial charge in [0.1, 0.15) is 5.01 Å². The van der Waals surface area contributed by atoms with Gasteiger partial charge in [-0.05, 0) is 18.5 Å². The molecular formula is C7H6Cl2N4S. The van der Waals surface area contributed by atoms with Gasteiger partial charge in [0.2, 0.25) is 4.47 Å². The van der Waals surface area contributed by atoms with E-state index < -0.39 is 0 Å². The van der Waals surface area contributed by atoms with Crippen LogP contribution >= 0.6 is 34.5 Å². The Kier molecular flexibility index (Phi) is 2.71. The molecular weight excluding hydrogens is 243 g/mol. The number of rotatable bonds is 2. The minimum absolute atomic E-state index is 0.441. The largest absolute Gasteiger partial charge is 0.261 e. The second-order valence-electron chi connectivity index (χ2n) is 2.68. The zero-order chi connectivity index (χ0) is 10.1. The molecule has 0 aliphatic carbocycles. The second kappa shape index (κ2) is 3.84. The molecule has 2 aromatic heterocycles. The average Bonchev–Trinajstić information content (AvgIpc) is 2.67. The highest BCUT2D eigenvalue weighted by Gasteiger charge is 2.07. The number of nitrogens with zero attached hydrogens (tertiary/aromatic N) is 4. The quantitative estimate of drug-likeness (QED) is 0.820. The van der Waals surface area contributed by atoms with Gasteiger partial charge in [-0.15, -0.1) is 10.2 Å². The van der Waals surface area contributed by atoms with Crippen LogP contribution in [0.15, 0.2) is 6.20 Å². The highest BCUT2D eigenvalue weighted by Crippen LogP contribution is 2.18.